The third-order valence-electron chi connectivity index (χ3n) is 5.77. The number of benzene rings is 4. The summed E-state index contributed by atoms with van der Waals surface area (Å²) in [4.78, 5) is 0.00102. The molecule has 4 aromatic rings. The van der Waals surface area contributed by atoms with Crippen molar-refractivity contribution in [1.29, 1.82) is 0 Å². The molecule has 0 saturated carbocycles. The van der Waals surface area contributed by atoms with E-state index in [1.165, 1.54) is 18.2 Å². The summed E-state index contributed by atoms with van der Waals surface area (Å²) in [6.07, 6.45) is 0.469. The monoisotopic (exact) mass is 487 g/mol. The molecule has 4 aromatic carbocycles. The first-order valence-corrected chi connectivity index (χ1v) is 12.5. The molecule has 6 nitrogen and oxygen atoms in total. The Morgan fingerprint density at radius 3 is 2.11 bits per heavy atom. The third kappa shape index (κ3) is 4.94. The molecule has 1 aliphatic rings. The van der Waals surface area contributed by atoms with Crippen LogP contribution in [0.3, 0.4) is 0 Å². The lowest BCUT2D eigenvalue weighted by atomic mass is 9.97. The van der Waals surface area contributed by atoms with E-state index in [0.717, 1.165) is 17.0 Å². The highest BCUT2D eigenvalue weighted by Crippen LogP contribution is 2.38. The van der Waals surface area contributed by atoms with Crippen LogP contribution in [0.5, 0.6) is 11.5 Å². The fourth-order valence-electron chi connectivity index (χ4n) is 4.04. The second-order valence-corrected chi connectivity index (χ2v) is 9.67. The maximum atomic E-state index is 14.8. The van der Waals surface area contributed by atoms with Gasteiger partial charge in [0.25, 0.3) is 0 Å². The van der Waals surface area contributed by atoms with E-state index in [4.69, 9.17) is 15.0 Å². The zero-order valence-corrected chi connectivity index (χ0v) is 19.4. The molecule has 1 heterocycles. The summed E-state index contributed by atoms with van der Waals surface area (Å²) in [6.45, 7) is 0. The molecule has 0 spiro atoms. The molecule has 0 aliphatic carbocycles. The van der Waals surface area contributed by atoms with Crippen LogP contribution in [0.15, 0.2) is 113 Å². The Labute approximate surface area is 203 Å². The van der Waals surface area contributed by atoms with E-state index >= 15 is 0 Å². The molecular weight excluding hydrogens is 465 g/mol. The zero-order valence-electron chi connectivity index (χ0n) is 18.6. The number of rotatable bonds is 6. The topological polar surface area (TPSA) is 85.0 Å². The number of sulfonamides is 1. The molecule has 0 radical (unpaired) electrons. The number of halogens is 1. The predicted molar refractivity (Wildman–Crippen MR) is 134 cm³/mol. The number of para-hydroxylation sites is 1. The lowest BCUT2D eigenvalue weighted by Gasteiger charge is -2.24. The van der Waals surface area contributed by atoms with E-state index in [2.05, 4.69) is 0 Å². The van der Waals surface area contributed by atoms with Crippen LogP contribution >= 0.6 is 0 Å². The van der Waals surface area contributed by atoms with Crippen LogP contribution in [0.25, 0.3) is 0 Å². The van der Waals surface area contributed by atoms with Crippen molar-refractivity contribution in [3.8, 4) is 11.5 Å². The van der Waals surface area contributed by atoms with Gasteiger partial charge in [0.15, 0.2) is 0 Å². The summed E-state index contributed by atoms with van der Waals surface area (Å²) in [7, 11) is -3.82. The van der Waals surface area contributed by atoms with Gasteiger partial charge in [-0.05, 0) is 72.3 Å². The molecule has 8 heteroatoms. The van der Waals surface area contributed by atoms with E-state index in [-0.39, 0.29) is 10.7 Å². The number of hydrogen-bond donors (Lipinski definition) is 1. The van der Waals surface area contributed by atoms with Gasteiger partial charge in [-0.1, -0.05) is 36.4 Å². The standard InChI is InChI=1S/C27H22FN3O3S/c28-25-9-5-4-8-24(25)27-18-26(30-31(27)20-12-16-23(17-13-20)35(29,32)33)19-10-14-22(15-11-19)34-21-6-2-1-3-7-21/h1-17,27H,18H2,(H2,29,32,33). The molecule has 1 atom stereocenters. The number of hydrogen-bond acceptors (Lipinski definition) is 5. The van der Waals surface area contributed by atoms with Gasteiger partial charge in [0.1, 0.15) is 17.3 Å². The van der Waals surface area contributed by atoms with Gasteiger partial charge in [-0.15, -0.1) is 0 Å². The maximum absolute atomic E-state index is 14.8. The quantitative estimate of drug-likeness (QED) is 0.382. The number of hydrazone groups is 1. The van der Waals surface area contributed by atoms with Crippen molar-refractivity contribution in [2.75, 3.05) is 5.01 Å². The van der Waals surface area contributed by atoms with Crippen LogP contribution in [-0.2, 0) is 10.0 Å². The van der Waals surface area contributed by atoms with E-state index in [9.17, 15) is 12.8 Å². The van der Waals surface area contributed by atoms with Gasteiger partial charge >= 0.3 is 0 Å². The van der Waals surface area contributed by atoms with Gasteiger partial charge < -0.3 is 4.74 Å². The Hall–Kier alpha value is -4.01. The summed E-state index contributed by atoms with van der Waals surface area (Å²) in [5, 5.41) is 11.7. The highest BCUT2D eigenvalue weighted by molar-refractivity contribution is 7.89. The molecule has 1 aliphatic heterocycles. The molecule has 1 unspecified atom stereocenters. The number of ether oxygens (including phenoxy) is 1. The minimum atomic E-state index is -3.82. The Morgan fingerprint density at radius 1 is 0.829 bits per heavy atom. The van der Waals surface area contributed by atoms with Gasteiger partial charge in [-0.3, -0.25) is 5.01 Å². The zero-order chi connectivity index (χ0) is 24.4. The number of nitrogens with two attached hydrogens (primary N) is 1. The van der Waals surface area contributed by atoms with Crippen LogP contribution in [0.2, 0.25) is 0 Å². The Balaban J connectivity index is 1.47. The van der Waals surface area contributed by atoms with E-state index in [0.29, 0.717) is 23.4 Å². The molecule has 5 rings (SSSR count). The summed E-state index contributed by atoms with van der Waals surface area (Å²) in [5.74, 6) is 1.11. The summed E-state index contributed by atoms with van der Waals surface area (Å²) in [5.41, 5.74) is 2.80. The van der Waals surface area contributed by atoms with Crippen molar-refractivity contribution < 1.29 is 17.5 Å². The van der Waals surface area contributed by atoms with Crippen molar-refractivity contribution in [3.63, 3.8) is 0 Å². The molecule has 0 saturated heterocycles. The normalized spacial score (nSPS) is 15.7. The Bertz CT molecular complexity index is 1470. The van der Waals surface area contributed by atoms with Crippen molar-refractivity contribution in [2.24, 2.45) is 10.2 Å². The number of primary sulfonamides is 1. The van der Waals surface area contributed by atoms with Gasteiger partial charge in [-0.2, -0.15) is 5.10 Å². The van der Waals surface area contributed by atoms with Gasteiger partial charge in [0, 0.05) is 12.0 Å². The minimum absolute atomic E-state index is 0.00102. The van der Waals surface area contributed by atoms with Crippen molar-refractivity contribution >= 4 is 21.4 Å². The molecule has 0 fully saturated rings. The van der Waals surface area contributed by atoms with E-state index < -0.39 is 16.1 Å². The summed E-state index contributed by atoms with van der Waals surface area (Å²) in [6, 6.07) is 29.4. The fourth-order valence-corrected chi connectivity index (χ4v) is 4.55. The molecular formula is C27H22FN3O3S. The first-order chi connectivity index (χ1) is 16.9. The molecule has 0 bridgehead atoms. The van der Waals surface area contributed by atoms with Crippen LogP contribution in [0, 0.1) is 5.82 Å². The van der Waals surface area contributed by atoms with Crippen molar-refractivity contribution in [3.05, 3.63) is 120 Å². The Kier molecular flexibility index (Phi) is 6.07. The van der Waals surface area contributed by atoms with Crippen LogP contribution in [0.4, 0.5) is 10.1 Å². The van der Waals surface area contributed by atoms with Crippen molar-refractivity contribution in [2.45, 2.75) is 17.4 Å². The molecule has 2 N–H and O–H groups in total. The van der Waals surface area contributed by atoms with Gasteiger partial charge in [-0.25, -0.2) is 17.9 Å². The van der Waals surface area contributed by atoms with Crippen LogP contribution in [0.1, 0.15) is 23.6 Å². The summed E-state index contributed by atoms with van der Waals surface area (Å²) >= 11 is 0. The highest BCUT2D eigenvalue weighted by atomic mass is 32.2. The van der Waals surface area contributed by atoms with Gasteiger partial charge in [0.05, 0.1) is 22.3 Å². The lowest BCUT2D eigenvalue weighted by molar-refractivity contribution is 0.482. The fraction of sp³-hybridized carbons (Fsp3) is 0.0741. The van der Waals surface area contributed by atoms with Crippen LogP contribution < -0.4 is 14.9 Å². The lowest BCUT2D eigenvalue weighted by Crippen LogP contribution is -2.20. The average molecular weight is 488 g/mol. The maximum Gasteiger partial charge on any atom is 0.238 e. The second kappa shape index (κ2) is 9.32. The number of nitrogens with zero attached hydrogens (tertiary/aromatic N) is 2. The largest absolute Gasteiger partial charge is 0.457 e. The number of anilines is 1. The summed E-state index contributed by atoms with van der Waals surface area (Å²) < 4.78 is 43.9. The van der Waals surface area contributed by atoms with Crippen molar-refractivity contribution in [1.82, 2.24) is 0 Å². The van der Waals surface area contributed by atoms with E-state index in [1.54, 1.807) is 35.3 Å². The highest BCUT2D eigenvalue weighted by Gasteiger charge is 2.31. The van der Waals surface area contributed by atoms with E-state index in [1.807, 2.05) is 54.6 Å². The first-order valence-electron chi connectivity index (χ1n) is 11.0. The average Bonchev–Trinajstić information content (AvgIpc) is 3.30. The smallest absolute Gasteiger partial charge is 0.238 e. The predicted octanol–water partition coefficient (Wildman–Crippen LogP) is 5.62. The Morgan fingerprint density at radius 2 is 1.46 bits per heavy atom. The first kappa shape index (κ1) is 22.8. The molecule has 176 valence electrons. The van der Waals surface area contributed by atoms with Gasteiger partial charge in [0.2, 0.25) is 10.0 Å². The minimum Gasteiger partial charge on any atom is -0.457 e. The van der Waals surface area contributed by atoms with Crippen LogP contribution in [-0.4, -0.2) is 14.1 Å². The molecule has 35 heavy (non-hydrogen) atoms. The third-order valence-corrected chi connectivity index (χ3v) is 6.70. The molecule has 0 amide bonds. The second-order valence-electron chi connectivity index (χ2n) is 8.11. The molecule has 0 aromatic heterocycles. The SMILES string of the molecule is NS(=O)(=O)c1ccc(N2N=C(c3ccc(Oc4ccccc4)cc3)CC2c2ccccc2F)cc1.